The van der Waals surface area contributed by atoms with Crippen LogP contribution >= 0.6 is 11.6 Å². The second kappa shape index (κ2) is 6.93. The predicted octanol–water partition coefficient (Wildman–Crippen LogP) is 2.87. The van der Waals surface area contributed by atoms with E-state index in [4.69, 9.17) is 11.6 Å². The molecule has 0 saturated carbocycles. The van der Waals surface area contributed by atoms with Crippen LogP contribution < -0.4 is 5.32 Å². The number of nitro groups is 1. The van der Waals surface area contributed by atoms with Crippen LogP contribution in [0.15, 0.2) is 18.2 Å². The van der Waals surface area contributed by atoms with Crippen LogP contribution in [0.5, 0.6) is 0 Å². The lowest BCUT2D eigenvalue weighted by Crippen LogP contribution is -2.51. The van der Waals surface area contributed by atoms with Crippen LogP contribution in [0.4, 0.5) is 16.2 Å². The van der Waals surface area contributed by atoms with Gasteiger partial charge in [0.2, 0.25) is 0 Å². The molecule has 0 radical (unpaired) electrons. The van der Waals surface area contributed by atoms with E-state index in [0.29, 0.717) is 12.2 Å². The summed E-state index contributed by atoms with van der Waals surface area (Å²) in [6.45, 7) is 2.44. The number of piperidine rings is 1. The van der Waals surface area contributed by atoms with Gasteiger partial charge in [-0.05, 0) is 30.9 Å². The number of carbonyl (C=O) groups is 1. The molecule has 0 bridgehead atoms. The van der Waals surface area contributed by atoms with Gasteiger partial charge in [-0.3, -0.25) is 10.1 Å². The van der Waals surface area contributed by atoms with E-state index in [-0.39, 0.29) is 35.3 Å². The third-order valence-electron chi connectivity index (χ3n) is 3.96. The van der Waals surface area contributed by atoms with Crippen molar-refractivity contribution in [1.82, 2.24) is 4.90 Å². The average molecular weight is 328 g/mol. The SMILES string of the molecule is CC1CCCN(C(=O)Nc2ccc(Cl)c([N+](=O)[O-])c2)C1CO. The van der Waals surface area contributed by atoms with Crippen LogP contribution in [-0.2, 0) is 0 Å². The van der Waals surface area contributed by atoms with Crippen LogP contribution in [0.2, 0.25) is 5.02 Å². The zero-order chi connectivity index (χ0) is 16.3. The number of rotatable bonds is 3. The number of hydrogen-bond acceptors (Lipinski definition) is 4. The van der Waals surface area contributed by atoms with Gasteiger partial charge in [0.1, 0.15) is 5.02 Å². The normalized spacial score (nSPS) is 21.5. The molecule has 0 aliphatic carbocycles. The number of nitro benzene ring substituents is 1. The summed E-state index contributed by atoms with van der Waals surface area (Å²) >= 11 is 5.74. The van der Waals surface area contributed by atoms with Crippen LogP contribution in [0.25, 0.3) is 0 Å². The highest BCUT2D eigenvalue weighted by Gasteiger charge is 2.31. The van der Waals surface area contributed by atoms with Crippen molar-refractivity contribution in [2.75, 3.05) is 18.5 Å². The minimum Gasteiger partial charge on any atom is -0.394 e. The second-order valence-corrected chi connectivity index (χ2v) is 5.82. The summed E-state index contributed by atoms with van der Waals surface area (Å²) in [4.78, 5) is 24.2. The zero-order valence-electron chi connectivity index (χ0n) is 12.2. The van der Waals surface area contributed by atoms with Gasteiger partial charge in [0.25, 0.3) is 5.69 Å². The van der Waals surface area contributed by atoms with E-state index in [9.17, 15) is 20.0 Å². The molecular weight excluding hydrogens is 310 g/mol. The first-order valence-corrected chi connectivity index (χ1v) is 7.44. The standard InChI is InChI=1S/C14H18ClN3O4/c1-9-3-2-6-17(13(9)8-19)14(20)16-10-4-5-11(15)12(7-10)18(21)22/h4-5,7,9,13,19H,2-3,6,8H2,1H3,(H,16,20). The molecule has 22 heavy (non-hydrogen) atoms. The minimum atomic E-state index is -0.600. The van der Waals surface area contributed by atoms with Gasteiger partial charge >= 0.3 is 6.03 Å². The number of nitrogens with one attached hydrogen (secondary N) is 1. The molecule has 0 aromatic heterocycles. The summed E-state index contributed by atoms with van der Waals surface area (Å²) in [5.74, 6) is 0.212. The quantitative estimate of drug-likeness (QED) is 0.659. The van der Waals surface area contributed by atoms with Gasteiger partial charge in [-0.25, -0.2) is 4.79 Å². The number of likely N-dealkylation sites (tertiary alicyclic amines) is 1. The number of halogens is 1. The first-order valence-electron chi connectivity index (χ1n) is 7.06. The third kappa shape index (κ3) is 3.48. The van der Waals surface area contributed by atoms with E-state index >= 15 is 0 Å². The largest absolute Gasteiger partial charge is 0.394 e. The van der Waals surface area contributed by atoms with Crippen molar-refractivity contribution in [1.29, 1.82) is 0 Å². The Morgan fingerprint density at radius 1 is 1.59 bits per heavy atom. The van der Waals surface area contributed by atoms with Crippen LogP contribution in [-0.4, -0.2) is 40.2 Å². The van der Waals surface area contributed by atoms with Crippen molar-refractivity contribution in [3.8, 4) is 0 Å². The molecule has 1 fully saturated rings. The van der Waals surface area contributed by atoms with Crippen molar-refractivity contribution in [2.45, 2.75) is 25.8 Å². The highest BCUT2D eigenvalue weighted by atomic mass is 35.5. The monoisotopic (exact) mass is 327 g/mol. The fourth-order valence-corrected chi connectivity index (χ4v) is 2.89. The Hall–Kier alpha value is -1.86. The van der Waals surface area contributed by atoms with Gasteiger partial charge < -0.3 is 15.3 Å². The molecule has 2 unspecified atom stereocenters. The van der Waals surface area contributed by atoms with Crippen molar-refractivity contribution in [3.05, 3.63) is 33.3 Å². The predicted molar refractivity (Wildman–Crippen MR) is 83.1 cm³/mol. The Morgan fingerprint density at radius 3 is 2.95 bits per heavy atom. The van der Waals surface area contributed by atoms with Crippen LogP contribution in [0.1, 0.15) is 19.8 Å². The molecule has 1 aromatic carbocycles. The van der Waals surface area contributed by atoms with Gasteiger partial charge in [0.05, 0.1) is 17.6 Å². The zero-order valence-corrected chi connectivity index (χ0v) is 12.9. The lowest BCUT2D eigenvalue weighted by molar-refractivity contribution is -0.384. The highest BCUT2D eigenvalue weighted by molar-refractivity contribution is 6.32. The molecular formula is C14H18ClN3O4. The first-order chi connectivity index (χ1) is 10.4. The van der Waals surface area contributed by atoms with Crippen molar-refractivity contribution in [3.63, 3.8) is 0 Å². The molecule has 2 atom stereocenters. The molecule has 7 nitrogen and oxygen atoms in total. The maximum Gasteiger partial charge on any atom is 0.322 e. The number of anilines is 1. The average Bonchev–Trinajstić information content (AvgIpc) is 2.48. The molecule has 0 spiro atoms. The number of nitrogens with zero attached hydrogens (tertiary/aromatic N) is 2. The molecule has 8 heteroatoms. The van der Waals surface area contributed by atoms with E-state index in [0.717, 1.165) is 12.8 Å². The molecule has 2 N–H and O–H groups in total. The number of amides is 2. The Labute approximate surface area is 133 Å². The van der Waals surface area contributed by atoms with E-state index < -0.39 is 4.92 Å². The topological polar surface area (TPSA) is 95.7 Å². The Bertz CT molecular complexity index is 581. The first kappa shape index (κ1) is 16.5. The summed E-state index contributed by atoms with van der Waals surface area (Å²) in [6, 6.07) is 3.49. The number of aliphatic hydroxyl groups excluding tert-OH is 1. The van der Waals surface area contributed by atoms with E-state index in [1.165, 1.54) is 18.2 Å². The molecule has 1 aliphatic rings. The van der Waals surface area contributed by atoms with E-state index in [2.05, 4.69) is 5.32 Å². The van der Waals surface area contributed by atoms with Gasteiger partial charge in [-0.2, -0.15) is 0 Å². The molecule has 1 saturated heterocycles. The molecule has 1 aromatic rings. The number of carbonyl (C=O) groups excluding carboxylic acids is 1. The van der Waals surface area contributed by atoms with Gasteiger partial charge in [-0.1, -0.05) is 18.5 Å². The summed E-state index contributed by atoms with van der Waals surface area (Å²) in [7, 11) is 0. The molecule has 120 valence electrons. The van der Waals surface area contributed by atoms with Crippen molar-refractivity contribution >= 4 is 29.0 Å². The number of benzene rings is 1. The van der Waals surface area contributed by atoms with Gasteiger partial charge in [-0.15, -0.1) is 0 Å². The third-order valence-corrected chi connectivity index (χ3v) is 4.28. The second-order valence-electron chi connectivity index (χ2n) is 5.42. The lowest BCUT2D eigenvalue weighted by Gasteiger charge is -2.38. The summed E-state index contributed by atoms with van der Waals surface area (Å²) in [5.41, 5.74) is 0.0428. The van der Waals surface area contributed by atoms with E-state index in [1.807, 2.05) is 6.92 Å². The number of hydrogen-bond donors (Lipinski definition) is 2. The minimum absolute atomic E-state index is 0.0165. The van der Waals surface area contributed by atoms with E-state index in [1.54, 1.807) is 4.90 Å². The Morgan fingerprint density at radius 2 is 2.32 bits per heavy atom. The Kier molecular flexibility index (Phi) is 5.20. The lowest BCUT2D eigenvalue weighted by atomic mass is 9.91. The smallest absolute Gasteiger partial charge is 0.322 e. The molecule has 2 rings (SSSR count). The number of urea groups is 1. The maximum atomic E-state index is 12.3. The molecule has 2 amide bonds. The van der Waals surface area contributed by atoms with Gasteiger partial charge in [0, 0.05) is 18.3 Å². The molecule has 1 heterocycles. The van der Waals surface area contributed by atoms with Crippen molar-refractivity contribution < 1.29 is 14.8 Å². The Balaban J connectivity index is 2.14. The maximum absolute atomic E-state index is 12.3. The summed E-state index contributed by atoms with van der Waals surface area (Å²) in [6.07, 6.45) is 1.83. The van der Waals surface area contributed by atoms with Crippen molar-refractivity contribution in [2.24, 2.45) is 5.92 Å². The fourth-order valence-electron chi connectivity index (χ4n) is 2.71. The van der Waals surface area contributed by atoms with Crippen LogP contribution in [0.3, 0.4) is 0 Å². The van der Waals surface area contributed by atoms with Crippen LogP contribution in [0, 0.1) is 16.0 Å². The van der Waals surface area contributed by atoms with Gasteiger partial charge in [0.15, 0.2) is 0 Å². The molecule has 1 aliphatic heterocycles. The highest BCUT2D eigenvalue weighted by Crippen LogP contribution is 2.28. The summed E-state index contributed by atoms with van der Waals surface area (Å²) < 4.78 is 0. The summed E-state index contributed by atoms with van der Waals surface area (Å²) in [5, 5.41) is 23.0. The number of aliphatic hydroxyl groups is 1. The fraction of sp³-hybridized carbons (Fsp3) is 0.500.